The second-order valence-electron chi connectivity index (χ2n) is 7.21. The Hall–Kier alpha value is -2.67. The molecule has 1 aromatic heterocycles. The first-order chi connectivity index (χ1) is 12.8. The van der Waals surface area contributed by atoms with Crippen LogP contribution in [-0.4, -0.2) is 41.2 Å². The Bertz CT molecular complexity index is 795. The molecule has 2 amide bonds. The van der Waals surface area contributed by atoms with Crippen molar-refractivity contribution in [1.82, 2.24) is 9.88 Å². The smallest absolute Gasteiger partial charge is 0.321 e. The third kappa shape index (κ3) is 4.95. The van der Waals surface area contributed by atoms with E-state index in [1.807, 2.05) is 13.8 Å². The minimum Gasteiger partial charge on any atom is -0.437 e. The highest BCUT2D eigenvalue weighted by molar-refractivity contribution is 5.90. The van der Waals surface area contributed by atoms with Gasteiger partial charge in [0.2, 0.25) is 5.88 Å². The summed E-state index contributed by atoms with van der Waals surface area (Å²) in [4.78, 5) is 18.6. The summed E-state index contributed by atoms with van der Waals surface area (Å²) in [6.07, 6.45) is 3.13. The average Bonchev–Trinajstić information content (AvgIpc) is 2.63. The van der Waals surface area contributed by atoms with Gasteiger partial charge in [0.1, 0.15) is 17.3 Å². The maximum Gasteiger partial charge on any atom is 0.321 e. The minimum atomic E-state index is -0.349. The van der Waals surface area contributed by atoms with Crippen LogP contribution in [0.1, 0.15) is 26.7 Å². The lowest BCUT2D eigenvalue weighted by atomic mass is 9.93. The molecule has 2 heterocycles. The molecule has 1 aliphatic rings. The minimum absolute atomic E-state index is 0.0897. The molecule has 2 aromatic rings. The van der Waals surface area contributed by atoms with Crippen molar-refractivity contribution in [3.63, 3.8) is 0 Å². The van der Waals surface area contributed by atoms with Gasteiger partial charge in [-0.25, -0.2) is 14.2 Å². The molecular weight excluding hydrogens is 349 g/mol. The Labute approximate surface area is 158 Å². The molecule has 0 radical (unpaired) electrons. The van der Waals surface area contributed by atoms with Crippen molar-refractivity contribution in [1.29, 1.82) is 0 Å². The van der Waals surface area contributed by atoms with Crippen LogP contribution < -0.4 is 10.1 Å². The molecule has 144 valence electrons. The summed E-state index contributed by atoms with van der Waals surface area (Å²) in [5, 5.41) is 2.85. The number of benzene rings is 1. The van der Waals surface area contributed by atoms with E-state index in [4.69, 9.17) is 9.47 Å². The van der Waals surface area contributed by atoms with Crippen LogP contribution in [0, 0.1) is 5.82 Å². The zero-order valence-corrected chi connectivity index (χ0v) is 15.7. The van der Waals surface area contributed by atoms with Gasteiger partial charge in [0.25, 0.3) is 0 Å². The van der Waals surface area contributed by atoms with E-state index in [0.717, 1.165) is 12.8 Å². The predicted octanol–water partition coefficient (Wildman–Crippen LogP) is 4.43. The highest BCUT2D eigenvalue weighted by Gasteiger charge is 2.33. The number of halogens is 1. The lowest BCUT2D eigenvalue weighted by molar-refractivity contribution is -0.0739. The molecule has 0 spiro atoms. The SMILES string of the molecule is CN(C(=O)Nc1cccnc1Oc1ccc(F)cc1)C1CCOC(C)(C)C1. The molecule has 0 aliphatic carbocycles. The van der Waals surface area contributed by atoms with Gasteiger partial charge in [-0.3, -0.25) is 0 Å². The number of rotatable bonds is 4. The first-order valence-corrected chi connectivity index (χ1v) is 8.90. The van der Waals surface area contributed by atoms with E-state index in [-0.39, 0.29) is 29.4 Å². The molecule has 0 saturated carbocycles. The highest BCUT2D eigenvalue weighted by Crippen LogP contribution is 2.29. The summed E-state index contributed by atoms with van der Waals surface area (Å²) in [6.45, 7) is 4.68. The molecule has 27 heavy (non-hydrogen) atoms. The topological polar surface area (TPSA) is 63.7 Å². The maximum absolute atomic E-state index is 13.1. The molecule has 1 atom stereocenters. The van der Waals surface area contributed by atoms with E-state index >= 15 is 0 Å². The zero-order chi connectivity index (χ0) is 19.4. The van der Waals surface area contributed by atoms with Gasteiger partial charge in [-0.15, -0.1) is 0 Å². The van der Waals surface area contributed by atoms with Crippen LogP contribution in [-0.2, 0) is 4.74 Å². The molecule has 6 nitrogen and oxygen atoms in total. The Balaban J connectivity index is 1.69. The molecule has 7 heteroatoms. The molecule has 1 aliphatic heterocycles. The third-order valence-corrected chi connectivity index (χ3v) is 4.58. The standard InChI is InChI=1S/C20H24FN3O3/c1-20(2)13-15(10-12-26-20)24(3)19(25)23-17-5-4-11-22-18(17)27-16-8-6-14(21)7-9-16/h4-9,11,15H,10,12-13H2,1-3H3,(H,23,25). The van der Waals surface area contributed by atoms with E-state index in [1.54, 1.807) is 30.3 Å². The number of anilines is 1. The fourth-order valence-corrected chi connectivity index (χ4v) is 3.08. The number of urea groups is 1. The summed E-state index contributed by atoms with van der Waals surface area (Å²) in [7, 11) is 1.78. The summed E-state index contributed by atoms with van der Waals surface area (Å²) in [5.74, 6) is 0.334. The number of carbonyl (C=O) groups is 1. The largest absolute Gasteiger partial charge is 0.437 e. The lowest BCUT2D eigenvalue weighted by Gasteiger charge is -2.39. The van der Waals surface area contributed by atoms with Crippen molar-refractivity contribution in [3.05, 3.63) is 48.4 Å². The lowest BCUT2D eigenvalue weighted by Crippen LogP contribution is -2.48. The van der Waals surface area contributed by atoms with Crippen LogP contribution in [0.2, 0.25) is 0 Å². The molecule has 1 unspecified atom stereocenters. The van der Waals surface area contributed by atoms with Gasteiger partial charge in [-0.05, 0) is 63.1 Å². The number of aromatic nitrogens is 1. The Morgan fingerprint density at radius 3 is 2.78 bits per heavy atom. The summed E-state index contributed by atoms with van der Waals surface area (Å²) in [6, 6.07) is 8.89. The molecule has 1 N–H and O–H groups in total. The van der Waals surface area contributed by atoms with Crippen LogP contribution in [0.15, 0.2) is 42.6 Å². The van der Waals surface area contributed by atoms with Crippen LogP contribution in [0.5, 0.6) is 11.6 Å². The number of hydrogen-bond acceptors (Lipinski definition) is 4. The van der Waals surface area contributed by atoms with E-state index < -0.39 is 0 Å². The molecule has 0 bridgehead atoms. The fourth-order valence-electron chi connectivity index (χ4n) is 3.08. The zero-order valence-electron chi connectivity index (χ0n) is 15.7. The number of pyridine rings is 1. The number of ether oxygens (including phenoxy) is 2. The van der Waals surface area contributed by atoms with Gasteiger partial charge >= 0.3 is 6.03 Å². The molecule has 1 aromatic carbocycles. The quantitative estimate of drug-likeness (QED) is 0.861. The molecule has 3 rings (SSSR count). The van der Waals surface area contributed by atoms with E-state index in [2.05, 4.69) is 10.3 Å². The van der Waals surface area contributed by atoms with Gasteiger partial charge < -0.3 is 19.7 Å². The number of hydrogen-bond donors (Lipinski definition) is 1. The van der Waals surface area contributed by atoms with Crippen LogP contribution in [0.4, 0.5) is 14.9 Å². The highest BCUT2D eigenvalue weighted by atomic mass is 19.1. The van der Waals surface area contributed by atoms with Crippen molar-refractivity contribution >= 4 is 11.7 Å². The Kier molecular flexibility index (Phi) is 5.60. The maximum atomic E-state index is 13.1. The molecular formula is C20H24FN3O3. The monoisotopic (exact) mass is 373 g/mol. The number of nitrogens with zero attached hydrogens (tertiary/aromatic N) is 2. The van der Waals surface area contributed by atoms with Crippen molar-refractivity contribution in [2.24, 2.45) is 0 Å². The van der Waals surface area contributed by atoms with Crippen LogP contribution >= 0.6 is 0 Å². The van der Waals surface area contributed by atoms with Crippen molar-refractivity contribution in [2.75, 3.05) is 19.0 Å². The second-order valence-corrected chi connectivity index (χ2v) is 7.21. The van der Waals surface area contributed by atoms with Crippen LogP contribution in [0.3, 0.4) is 0 Å². The summed E-state index contributed by atoms with van der Waals surface area (Å²) >= 11 is 0. The van der Waals surface area contributed by atoms with Gasteiger partial charge in [-0.1, -0.05) is 0 Å². The normalized spacial score (nSPS) is 18.6. The first kappa shape index (κ1) is 19.1. The third-order valence-electron chi connectivity index (χ3n) is 4.58. The van der Waals surface area contributed by atoms with Gasteiger partial charge in [0.15, 0.2) is 0 Å². The predicted molar refractivity (Wildman–Crippen MR) is 101 cm³/mol. The fraction of sp³-hybridized carbons (Fsp3) is 0.400. The number of amides is 2. The number of nitrogens with one attached hydrogen (secondary N) is 1. The van der Waals surface area contributed by atoms with E-state index in [0.29, 0.717) is 18.0 Å². The summed E-state index contributed by atoms with van der Waals surface area (Å²) < 4.78 is 24.5. The van der Waals surface area contributed by atoms with E-state index in [1.165, 1.54) is 24.3 Å². The molecule has 1 fully saturated rings. The van der Waals surface area contributed by atoms with Gasteiger partial charge in [0, 0.05) is 25.9 Å². The van der Waals surface area contributed by atoms with Crippen molar-refractivity contribution in [2.45, 2.75) is 38.3 Å². The van der Waals surface area contributed by atoms with Crippen LogP contribution in [0.25, 0.3) is 0 Å². The van der Waals surface area contributed by atoms with Crippen molar-refractivity contribution in [3.8, 4) is 11.6 Å². The summed E-state index contributed by atoms with van der Waals surface area (Å²) in [5.41, 5.74) is 0.202. The Morgan fingerprint density at radius 1 is 1.33 bits per heavy atom. The average molecular weight is 373 g/mol. The second kappa shape index (κ2) is 7.92. The van der Waals surface area contributed by atoms with Crippen molar-refractivity contribution < 1.29 is 18.7 Å². The number of carbonyl (C=O) groups excluding carboxylic acids is 1. The van der Waals surface area contributed by atoms with Gasteiger partial charge in [-0.2, -0.15) is 0 Å². The van der Waals surface area contributed by atoms with Gasteiger partial charge in [0.05, 0.1) is 5.60 Å². The first-order valence-electron chi connectivity index (χ1n) is 8.90. The van der Waals surface area contributed by atoms with E-state index in [9.17, 15) is 9.18 Å². The molecule has 1 saturated heterocycles. The Morgan fingerprint density at radius 2 is 2.07 bits per heavy atom.